The van der Waals surface area contributed by atoms with E-state index in [1.807, 2.05) is 20.3 Å². The summed E-state index contributed by atoms with van der Waals surface area (Å²) in [4.78, 5) is 12.0. The van der Waals surface area contributed by atoms with Crippen LogP contribution in [0.15, 0.2) is 0 Å². The van der Waals surface area contributed by atoms with Gasteiger partial charge in [0.2, 0.25) is 0 Å². The van der Waals surface area contributed by atoms with Crippen molar-refractivity contribution < 1.29 is 14.6 Å². The van der Waals surface area contributed by atoms with E-state index < -0.39 is 11.0 Å². The molecular formula is C12H19O3+. The summed E-state index contributed by atoms with van der Waals surface area (Å²) in [6, 6.07) is 0. The molecule has 2 rings (SSSR count). The van der Waals surface area contributed by atoms with Crippen LogP contribution in [0.4, 0.5) is 0 Å². The summed E-state index contributed by atoms with van der Waals surface area (Å²) in [7, 11) is 0. The molecule has 0 spiro atoms. The first kappa shape index (κ1) is 10.8. The highest BCUT2D eigenvalue weighted by atomic mass is 16.5. The highest BCUT2D eigenvalue weighted by molar-refractivity contribution is 5.80. The van der Waals surface area contributed by atoms with E-state index in [4.69, 9.17) is 4.74 Å². The molecule has 84 valence electrons. The Morgan fingerprint density at radius 1 is 1.60 bits per heavy atom. The summed E-state index contributed by atoms with van der Waals surface area (Å²) in [5.41, 5.74) is -1.48. The Bertz CT molecular complexity index is 276. The van der Waals surface area contributed by atoms with Crippen LogP contribution in [0.3, 0.4) is 0 Å². The second kappa shape index (κ2) is 3.41. The van der Waals surface area contributed by atoms with E-state index in [9.17, 15) is 9.90 Å². The fourth-order valence-corrected chi connectivity index (χ4v) is 3.24. The number of aliphatic hydroxyl groups is 1. The van der Waals surface area contributed by atoms with Gasteiger partial charge in [-0.1, -0.05) is 6.92 Å². The maximum Gasteiger partial charge on any atom is 0.319 e. The van der Waals surface area contributed by atoms with Gasteiger partial charge in [-0.3, -0.25) is 4.79 Å². The van der Waals surface area contributed by atoms with Crippen LogP contribution in [0.5, 0.6) is 0 Å². The molecule has 0 saturated heterocycles. The van der Waals surface area contributed by atoms with Crippen LogP contribution in [0, 0.1) is 17.8 Å². The molecule has 15 heavy (non-hydrogen) atoms. The summed E-state index contributed by atoms with van der Waals surface area (Å²) in [6.45, 7) is 4.23. The van der Waals surface area contributed by atoms with Gasteiger partial charge in [-0.15, -0.1) is 0 Å². The fourth-order valence-electron chi connectivity index (χ4n) is 3.24. The lowest BCUT2D eigenvalue weighted by Crippen LogP contribution is -2.48. The third kappa shape index (κ3) is 1.22. The molecule has 0 radical (unpaired) electrons. The summed E-state index contributed by atoms with van der Waals surface area (Å²) >= 11 is 0. The van der Waals surface area contributed by atoms with Gasteiger partial charge in [0.05, 0.1) is 13.0 Å². The quantitative estimate of drug-likeness (QED) is 0.558. The first-order valence-corrected chi connectivity index (χ1v) is 5.78. The lowest BCUT2D eigenvalue weighted by Gasteiger charge is -2.32. The van der Waals surface area contributed by atoms with Gasteiger partial charge in [0, 0.05) is 0 Å². The van der Waals surface area contributed by atoms with Gasteiger partial charge in [0.1, 0.15) is 23.9 Å². The first-order valence-electron chi connectivity index (χ1n) is 5.78. The maximum absolute atomic E-state index is 12.0. The molecule has 0 heterocycles. The third-order valence-electron chi connectivity index (χ3n) is 4.26. The second-order valence-electron chi connectivity index (χ2n) is 4.86. The molecule has 2 saturated carbocycles. The van der Waals surface area contributed by atoms with Crippen LogP contribution in [-0.4, -0.2) is 23.3 Å². The molecule has 0 aromatic heterocycles. The molecule has 0 aromatic rings. The average Bonchev–Trinajstić information content (AvgIpc) is 2.65. The van der Waals surface area contributed by atoms with Crippen molar-refractivity contribution in [3.63, 3.8) is 0 Å². The molecule has 3 nitrogen and oxygen atoms in total. The van der Waals surface area contributed by atoms with Crippen molar-refractivity contribution in [1.29, 1.82) is 0 Å². The average molecular weight is 211 g/mol. The van der Waals surface area contributed by atoms with Gasteiger partial charge in [-0.05, 0) is 25.7 Å². The molecule has 3 heteroatoms. The normalized spacial score (nSPS) is 43.5. The van der Waals surface area contributed by atoms with E-state index in [-0.39, 0.29) is 11.9 Å². The lowest BCUT2D eigenvalue weighted by molar-refractivity contribution is -0.169. The summed E-state index contributed by atoms with van der Waals surface area (Å²) in [6.07, 6.45) is 5.02. The molecule has 2 aliphatic rings. The second-order valence-corrected chi connectivity index (χ2v) is 4.86. The number of carbonyl (C=O) groups excluding carboxylic acids is 1. The van der Waals surface area contributed by atoms with Gasteiger partial charge in [0.15, 0.2) is 0 Å². The zero-order valence-corrected chi connectivity index (χ0v) is 9.45. The van der Waals surface area contributed by atoms with E-state index in [1.165, 1.54) is 0 Å². The van der Waals surface area contributed by atoms with Gasteiger partial charge in [-0.2, -0.15) is 0 Å². The highest BCUT2D eigenvalue weighted by Crippen LogP contribution is 2.59. The summed E-state index contributed by atoms with van der Waals surface area (Å²) < 4.78 is 5.13. The lowest BCUT2D eigenvalue weighted by atomic mass is 9.74. The Morgan fingerprint density at radius 2 is 2.33 bits per heavy atom. The van der Waals surface area contributed by atoms with E-state index in [2.05, 4.69) is 0 Å². The van der Waals surface area contributed by atoms with Gasteiger partial charge < -0.3 is 9.84 Å². The standard InChI is InChI=1S/C12H19O3/c1-3-15-10(13)11-6-4-7-12(11,14)9(2)5-8-11/h4,9,14H,3,5-8H2,1-2H3/q+1/t9-,11-,12-/m0/s1. The Labute approximate surface area is 90.8 Å². The Kier molecular flexibility index (Phi) is 2.45. The molecule has 1 N–H and O–H groups in total. The summed E-state index contributed by atoms with van der Waals surface area (Å²) in [5, 5.41) is 10.6. The fraction of sp³-hybridized carbons (Fsp3) is 0.833. The molecule has 3 atom stereocenters. The zero-order valence-electron chi connectivity index (χ0n) is 9.45. The monoisotopic (exact) mass is 211 g/mol. The van der Waals surface area contributed by atoms with Crippen LogP contribution >= 0.6 is 0 Å². The van der Waals surface area contributed by atoms with Crippen LogP contribution < -0.4 is 0 Å². The minimum atomic E-state index is -0.848. The van der Waals surface area contributed by atoms with Crippen LogP contribution in [0.1, 0.15) is 39.5 Å². The minimum Gasteiger partial charge on any atom is -0.465 e. The van der Waals surface area contributed by atoms with Crippen molar-refractivity contribution in [3.05, 3.63) is 6.42 Å². The largest absolute Gasteiger partial charge is 0.465 e. The van der Waals surface area contributed by atoms with E-state index in [0.717, 1.165) is 12.8 Å². The SMILES string of the molecule is CCOC(=O)[C@@]12C[CH+]C[C@]1(O)[C@@H](C)CC2. The number of hydrogen-bond donors (Lipinski definition) is 1. The van der Waals surface area contributed by atoms with Crippen molar-refractivity contribution >= 4 is 5.97 Å². The van der Waals surface area contributed by atoms with E-state index in [0.29, 0.717) is 19.4 Å². The zero-order chi connectivity index (χ0) is 11.1. The highest BCUT2D eigenvalue weighted by Gasteiger charge is 2.69. The molecule has 0 amide bonds. The molecule has 0 unspecified atom stereocenters. The Morgan fingerprint density at radius 3 is 3.00 bits per heavy atom. The minimum absolute atomic E-state index is 0.195. The van der Waals surface area contributed by atoms with E-state index in [1.54, 1.807) is 0 Å². The Balaban J connectivity index is 2.29. The number of hydrogen-bond acceptors (Lipinski definition) is 3. The number of fused-ring (bicyclic) bond motifs is 1. The van der Waals surface area contributed by atoms with Crippen molar-refractivity contribution in [1.82, 2.24) is 0 Å². The van der Waals surface area contributed by atoms with Crippen molar-refractivity contribution in [3.8, 4) is 0 Å². The first-order chi connectivity index (χ1) is 7.07. The molecular weight excluding hydrogens is 192 g/mol. The predicted molar refractivity (Wildman–Crippen MR) is 55.9 cm³/mol. The van der Waals surface area contributed by atoms with Gasteiger partial charge in [-0.25, -0.2) is 0 Å². The molecule has 0 aliphatic heterocycles. The van der Waals surface area contributed by atoms with E-state index >= 15 is 0 Å². The van der Waals surface area contributed by atoms with Crippen LogP contribution in [0.2, 0.25) is 0 Å². The molecule has 2 fully saturated rings. The van der Waals surface area contributed by atoms with Gasteiger partial charge >= 0.3 is 5.97 Å². The molecule has 0 bridgehead atoms. The number of ether oxygens (including phenoxy) is 1. The molecule has 0 aromatic carbocycles. The maximum atomic E-state index is 12.0. The predicted octanol–water partition coefficient (Wildman–Crippen LogP) is 1.69. The number of rotatable bonds is 2. The Hall–Kier alpha value is -0.700. The van der Waals surface area contributed by atoms with Crippen molar-refractivity contribution in [2.45, 2.75) is 45.1 Å². The third-order valence-corrected chi connectivity index (χ3v) is 4.26. The summed E-state index contributed by atoms with van der Waals surface area (Å²) in [5.74, 6) is -0.00810. The smallest absolute Gasteiger partial charge is 0.319 e. The van der Waals surface area contributed by atoms with Crippen LogP contribution in [-0.2, 0) is 9.53 Å². The van der Waals surface area contributed by atoms with Gasteiger partial charge in [0.25, 0.3) is 0 Å². The topological polar surface area (TPSA) is 46.5 Å². The van der Waals surface area contributed by atoms with Crippen LogP contribution in [0.25, 0.3) is 0 Å². The van der Waals surface area contributed by atoms with Crippen molar-refractivity contribution in [2.75, 3.05) is 6.61 Å². The number of esters is 1. The van der Waals surface area contributed by atoms with Crippen molar-refractivity contribution in [2.24, 2.45) is 11.3 Å². The molecule has 2 aliphatic carbocycles. The number of carbonyl (C=O) groups is 1.